The first kappa shape index (κ1) is 22.7. The van der Waals surface area contributed by atoms with Crippen LogP contribution in [0.1, 0.15) is 30.4 Å². The van der Waals surface area contributed by atoms with E-state index in [9.17, 15) is 9.59 Å². The number of nitrogens with zero attached hydrogens (tertiary/aromatic N) is 6. The van der Waals surface area contributed by atoms with Gasteiger partial charge in [0, 0.05) is 57.1 Å². The minimum atomic E-state index is -0.157. The molecule has 0 unspecified atom stereocenters. The fourth-order valence-corrected chi connectivity index (χ4v) is 4.49. The van der Waals surface area contributed by atoms with Gasteiger partial charge in [0.05, 0.1) is 17.4 Å². The van der Waals surface area contributed by atoms with E-state index in [0.29, 0.717) is 43.9 Å². The summed E-state index contributed by atoms with van der Waals surface area (Å²) in [6.45, 7) is 5.93. The molecule has 0 radical (unpaired) electrons. The molecule has 2 fully saturated rings. The molecule has 2 aliphatic rings. The Morgan fingerprint density at radius 3 is 2.79 bits per heavy atom. The molecular weight excluding hydrogens is 422 g/mol. The van der Waals surface area contributed by atoms with Gasteiger partial charge in [0.25, 0.3) is 5.56 Å². The Morgan fingerprint density at radius 1 is 1.24 bits per heavy atom. The Labute approximate surface area is 192 Å². The van der Waals surface area contributed by atoms with Crippen LogP contribution in [0, 0.1) is 18.3 Å². The van der Waals surface area contributed by atoms with Crippen LogP contribution in [-0.2, 0) is 9.53 Å². The van der Waals surface area contributed by atoms with Crippen molar-refractivity contribution in [2.45, 2.75) is 32.2 Å². The Morgan fingerprint density at radius 2 is 2.06 bits per heavy atom. The number of hydrogen-bond donors (Lipinski definition) is 1. The zero-order valence-corrected chi connectivity index (χ0v) is 18.9. The first-order valence-corrected chi connectivity index (χ1v) is 11.3. The van der Waals surface area contributed by atoms with Crippen molar-refractivity contribution >= 4 is 17.4 Å². The lowest BCUT2D eigenvalue weighted by Crippen LogP contribution is -2.50. The Balaban J connectivity index is 1.19. The van der Waals surface area contributed by atoms with E-state index < -0.39 is 0 Å². The normalized spacial score (nSPS) is 18.4. The summed E-state index contributed by atoms with van der Waals surface area (Å²) in [5, 5.41) is 15.3. The molecule has 0 aliphatic carbocycles. The molecule has 2 aromatic heterocycles. The van der Waals surface area contributed by atoms with E-state index in [4.69, 9.17) is 10.00 Å². The number of nitrogens with one attached hydrogen (secondary N) is 1. The number of aromatic amines is 1. The van der Waals surface area contributed by atoms with Crippen molar-refractivity contribution in [2.24, 2.45) is 0 Å². The Bertz CT molecular complexity index is 1050. The van der Waals surface area contributed by atoms with Gasteiger partial charge in [-0.15, -0.1) is 0 Å². The largest absolute Gasteiger partial charge is 0.372 e. The highest BCUT2D eigenvalue weighted by atomic mass is 16.5. The summed E-state index contributed by atoms with van der Waals surface area (Å²) in [4.78, 5) is 35.0. The molecule has 174 valence electrons. The number of pyridine rings is 1. The van der Waals surface area contributed by atoms with Gasteiger partial charge in [-0.25, -0.2) is 10.1 Å². The highest BCUT2D eigenvalue weighted by Gasteiger charge is 2.27. The summed E-state index contributed by atoms with van der Waals surface area (Å²) in [6, 6.07) is 5.95. The van der Waals surface area contributed by atoms with Gasteiger partial charge in [0.2, 0.25) is 5.91 Å². The molecule has 10 nitrogen and oxygen atoms in total. The number of amides is 1. The van der Waals surface area contributed by atoms with Crippen LogP contribution >= 0.6 is 0 Å². The highest BCUT2D eigenvalue weighted by molar-refractivity contribution is 5.77. The minimum Gasteiger partial charge on any atom is -0.372 e. The maximum absolute atomic E-state index is 12.6. The van der Waals surface area contributed by atoms with E-state index in [1.807, 2.05) is 17.9 Å². The molecule has 1 N–H and O–H groups in total. The predicted octanol–water partition coefficient (Wildman–Crippen LogP) is 1.07. The van der Waals surface area contributed by atoms with Crippen molar-refractivity contribution in [3.8, 4) is 6.07 Å². The molecule has 1 amide bonds. The zero-order chi connectivity index (χ0) is 23.2. The maximum Gasteiger partial charge on any atom is 0.269 e. The smallest absolute Gasteiger partial charge is 0.269 e. The fourth-order valence-electron chi connectivity index (χ4n) is 4.49. The number of rotatable bonds is 7. The van der Waals surface area contributed by atoms with Gasteiger partial charge in [-0.3, -0.25) is 9.59 Å². The average molecular weight is 452 g/mol. The zero-order valence-electron chi connectivity index (χ0n) is 18.9. The Kier molecular flexibility index (Phi) is 7.19. The summed E-state index contributed by atoms with van der Waals surface area (Å²) < 4.78 is 5.73. The number of hydrogen-bond acceptors (Lipinski definition) is 8. The number of anilines is 2. The first-order chi connectivity index (χ1) is 16.1. The third kappa shape index (κ3) is 5.31. The third-order valence-electron chi connectivity index (χ3n) is 6.42. The first-order valence-electron chi connectivity index (χ1n) is 11.3. The van der Waals surface area contributed by atoms with Gasteiger partial charge >= 0.3 is 0 Å². The standard InChI is InChI=1S/C23H29N7O3/c1-17-20(15-26-27-23(17)32)30-7-2-3-19(30)6-12-33-16-22(31)29-10-8-28(9-11-29)21-5-4-18(13-24)14-25-21/h4-5,14-15,19H,2-3,6-12,16H2,1H3,(H,27,32)/t19-/m0/s1. The van der Waals surface area contributed by atoms with Crippen molar-refractivity contribution in [3.05, 3.63) is 46.0 Å². The molecule has 0 saturated carbocycles. The predicted molar refractivity (Wildman–Crippen MR) is 123 cm³/mol. The number of carbonyl (C=O) groups is 1. The lowest BCUT2D eigenvalue weighted by Gasteiger charge is -2.35. The van der Waals surface area contributed by atoms with Crippen LogP contribution in [0.3, 0.4) is 0 Å². The van der Waals surface area contributed by atoms with E-state index >= 15 is 0 Å². The van der Waals surface area contributed by atoms with Gasteiger partial charge < -0.3 is 19.4 Å². The van der Waals surface area contributed by atoms with Crippen LogP contribution in [-0.4, -0.2) is 78.0 Å². The molecule has 10 heteroatoms. The molecule has 1 atom stereocenters. The van der Waals surface area contributed by atoms with Gasteiger partial charge in [-0.2, -0.15) is 10.4 Å². The molecular formula is C23H29N7O3. The molecule has 2 aromatic rings. The monoisotopic (exact) mass is 451 g/mol. The highest BCUT2D eigenvalue weighted by Crippen LogP contribution is 2.27. The number of aromatic nitrogens is 3. The average Bonchev–Trinajstić information content (AvgIpc) is 3.32. The number of nitriles is 1. The molecule has 4 heterocycles. The number of piperazine rings is 1. The third-order valence-corrected chi connectivity index (χ3v) is 6.42. The van der Waals surface area contributed by atoms with E-state index in [1.165, 1.54) is 0 Å². The SMILES string of the molecule is Cc1c(N2CCC[C@H]2CCOCC(=O)N2CCN(c3ccc(C#N)cn3)CC2)cn[nH]c1=O. The lowest BCUT2D eigenvalue weighted by molar-refractivity contribution is -0.136. The summed E-state index contributed by atoms with van der Waals surface area (Å²) in [5.41, 5.74) is 1.94. The van der Waals surface area contributed by atoms with Gasteiger partial charge in [0.15, 0.2) is 0 Å². The van der Waals surface area contributed by atoms with Crippen LogP contribution < -0.4 is 15.4 Å². The van der Waals surface area contributed by atoms with Crippen molar-refractivity contribution in [1.29, 1.82) is 5.26 Å². The van der Waals surface area contributed by atoms with E-state index in [1.54, 1.807) is 18.5 Å². The van der Waals surface area contributed by atoms with Crippen molar-refractivity contribution in [3.63, 3.8) is 0 Å². The fraction of sp³-hybridized carbons (Fsp3) is 0.522. The molecule has 0 bridgehead atoms. The topological polar surface area (TPSA) is 118 Å². The van der Waals surface area contributed by atoms with E-state index in [0.717, 1.165) is 37.3 Å². The second-order valence-electron chi connectivity index (χ2n) is 8.42. The van der Waals surface area contributed by atoms with Crippen LogP contribution in [0.15, 0.2) is 29.3 Å². The van der Waals surface area contributed by atoms with Crippen LogP contribution in [0.25, 0.3) is 0 Å². The summed E-state index contributed by atoms with van der Waals surface area (Å²) in [7, 11) is 0. The quantitative estimate of drug-likeness (QED) is 0.621. The molecule has 4 rings (SSSR count). The second-order valence-corrected chi connectivity index (χ2v) is 8.42. The molecule has 2 aliphatic heterocycles. The molecule has 33 heavy (non-hydrogen) atoms. The van der Waals surface area contributed by atoms with Crippen molar-refractivity contribution < 1.29 is 9.53 Å². The van der Waals surface area contributed by atoms with Gasteiger partial charge in [-0.05, 0) is 38.3 Å². The maximum atomic E-state index is 12.6. The molecule has 2 saturated heterocycles. The second kappa shape index (κ2) is 10.4. The van der Waals surface area contributed by atoms with Crippen LogP contribution in [0.4, 0.5) is 11.5 Å². The van der Waals surface area contributed by atoms with E-state index in [2.05, 4.69) is 31.1 Å². The van der Waals surface area contributed by atoms with Gasteiger partial charge in [-0.1, -0.05) is 0 Å². The summed E-state index contributed by atoms with van der Waals surface area (Å²) in [6.07, 6.45) is 6.19. The van der Waals surface area contributed by atoms with Crippen LogP contribution in [0.2, 0.25) is 0 Å². The molecule has 0 spiro atoms. The van der Waals surface area contributed by atoms with Gasteiger partial charge in [0.1, 0.15) is 18.5 Å². The number of carbonyl (C=O) groups excluding carboxylic acids is 1. The lowest BCUT2D eigenvalue weighted by atomic mass is 10.1. The van der Waals surface area contributed by atoms with Crippen molar-refractivity contribution in [1.82, 2.24) is 20.1 Å². The number of H-pyrrole nitrogens is 1. The molecule has 0 aromatic carbocycles. The van der Waals surface area contributed by atoms with Crippen LogP contribution in [0.5, 0.6) is 0 Å². The minimum absolute atomic E-state index is 0.000327. The summed E-state index contributed by atoms with van der Waals surface area (Å²) in [5.74, 6) is 0.824. The van der Waals surface area contributed by atoms with Crippen molar-refractivity contribution in [2.75, 3.05) is 55.7 Å². The Hall–Kier alpha value is -3.45. The number of ether oxygens (including phenoxy) is 1. The summed E-state index contributed by atoms with van der Waals surface area (Å²) >= 11 is 0. The van der Waals surface area contributed by atoms with E-state index in [-0.39, 0.29) is 24.1 Å².